The summed E-state index contributed by atoms with van der Waals surface area (Å²) >= 11 is 0. The Morgan fingerprint density at radius 1 is 1.26 bits per heavy atom. The van der Waals surface area contributed by atoms with Gasteiger partial charge in [0, 0.05) is 11.6 Å². The summed E-state index contributed by atoms with van der Waals surface area (Å²) in [5, 5.41) is 30.0. The van der Waals surface area contributed by atoms with Crippen molar-refractivity contribution in [2.24, 2.45) is 5.92 Å². The maximum Gasteiger partial charge on any atom is 0.305 e. The number of phenols is 2. The predicted molar refractivity (Wildman–Crippen MR) is 66.0 cm³/mol. The highest BCUT2D eigenvalue weighted by atomic mass is 16.4. The van der Waals surface area contributed by atoms with E-state index in [4.69, 9.17) is 10.2 Å². The van der Waals surface area contributed by atoms with Gasteiger partial charge in [-0.15, -0.1) is 0 Å². The van der Waals surface area contributed by atoms with E-state index in [9.17, 15) is 14.7 Å². The highest BCUT2D eigenvalue weighted by Crippen LogP contribution is 2.34. The minimum Gasteiger partial charge on any atom is -0.504 e. The molecule has 1 amide bonds. The Balaban J connectivity index is 2.05. The molecule has 1 atom stereocenters. The first-order chi connectivity index (χ1) is 8.97. The second-order valence-corrected chi connectivity index (χ2v) is 4.72. The summed E-state index contributed by atoms with van der Waals surface area (Å²) in [5.41, 5.74) is 0.186. The van der Waals surface area contributed by atoms with Crippen LogP contribution in [0.25, 0.3) is 0 Å². The topological polar surface area (TPSA) is 107 Å². The molecule has 6 nitrogen and oxygen atoms in total. The number of carbonyl (C=O) groups excluding carboxylic acids is 1. The summed E-state index contributed by atoms with van der Waals surface area (Å²) < 4.78 is 0. The molecule has 0 aliphatic heterocycles. The molecule has 6 heteroatoms. The Morgan fingerprint density at radius 2 is 1.95 bits per heavy atom. The molecule has 0 bridgehead atoms. The standard InChI is InChI=1S/C13H15NO5/c15-10-4-3-8(5-11(10)16)13(19)14-9(6-12(17)18)7-1-2-7/h3-5,7,9,15-16H,1-2,6H2,(H,14,19)(H,17,18). The second-order valence-electron chi connectivity index (χ2n) is 4.72. The zero-order valence-electron chi connectivity index (χ0n) is 10.2. The quantitative estimate of drug-likeness (QED) is 0.596. The van der Waals surface area contributed by atoms with Crippen molar-refractivity contribution >= 4 is 11.9 Å². The van der Waals surface area contributed by atoms with Crippen LogP contribution in [0.3, 0.4) is 0 Å². The monoisotopic (exact) mass is 265 g/mol. The van der Waals surface area contributed by atoms with Crippen LogP contribution in [-0.2, 0) is 4.79 Å². The molecule has 102 valence electrons. The van der Waals surface area contributed by atoms with E-state index in [0.29, 0.717) is 0 Å². The maximum absolute atomic E-state index is 11.9. The van der Waals surface area contributed by atoms with Crippen LogP contribution in [-0.4, -0.2) is 33.2 Å². The minimum absolute atomic E-state index is 0.111. The molecule has 4 N–H and O–H groups in total. The number of aliphatic carboxylic acids is 1. The number of aromatic hydroxyl groups is 2. The average molecular weight is 265 g/mol. The summed E-state index contributed by atoms with van der Waals surface area (Å²) in [6.45, 7) is 0. The van der Waals surface area contributed by atoms with E-state index in [2.05, 4.69) is 5.32 Å². The lowest BCUT2D eigenvalue weighted by atomic mass is 10.1. The van der Waals surface area contributed by atoms with E-state index in [1.807, 2.05) is 0 Å². The van der Waals surface area contributed by atoms with Gasteiger partial charge in [0.15, 0.2) is 11.5 Å². The lowest BCUT2D eigenvalue weighted by Gasteiger charge is -2.16. The Bertz CT molecular complexity index is 510. The number of carbonyl (C=O) groups is 2. The highest BCUT2D eigenvalue weighted by Gasteiger charge is 2.33. The van der Waals surface area contributed by atoms with Gasteiger partial charge in [0.25, 0.3) is 5.91 Å². The molecular weight excluding hydrogens is 250 g/mol. The van der Waals surface area contributed by atoms with Crippen molar-refractivity contribution in [2.75, 3.05) is 0 Å². The number of rotatable bonds is 5. The molecule has 1 aliphatic rings. The lowest BCUT2D eigenvalue weighted by Crippen LogP contribution is -2.38. The molecule has 1 aromatic rings. The molecule has 1 aliphatic carbocycles. The van der Waals surface area contributed by atoms with Gasteiger partial charge in [0.05, 0.1) is 6.42 Å². The first-order valence-electron chi connectivity index (χ1n) is 6.02. The summed E-state index contributed by atoms with van der Waals surface area (Å²) in [4.78, 5) is 22.7. The lowest BCUT2D eigenvalue weighted by molar-refractivity contribution is -0.137. The number of phenolic OH excluding ortho intramolecular Hbond substituents is 2. The van der Waals surface area contributed by atoms with Crippen LogP contribution in [0.15, 0.2) is 18.2 Å². The van der Waals surface area contributed by atoms with E-state index in [1.165, 1.54) is 12.1 Å². The van der Waals surface area contributed by atoms with Crippen LogP contribution in [0.5, 0.6) is 11.5 Å². The molecule has 1 aromatic carbocycles. The highest BCUT2D eigenvalue weighted by molar-refractivity contribution is 5.95. The average Bonchev–Trinajstić information content (AvgIpc) is 3.15. The van der Waals surface area contributed by atoms with Gasteiger partial charge in [0.2, 0.25) is 0 Å². The van der Waals surface area contributed by atoms with E-state index in [0.717, 1.165) is 18.9 Å². The minimum atomic E-state index is -0.953. The van der Waals surface area contributed by atoms with Crippen molar-refractivity contribution in [3.63, 3.8) is 0 Å². The third kappa shape index (κ3) is 3.37. The maximum atomic E-state index is 11.9. The smallest absolute Gasteiger partial charge is 0.305 e. The SMILES string of the molecule is O=C(O)CC(NC(=O)c1ccc(O)c(O)c1)C1CC1. The largest absolute Gasteiger partial charge is 0.504 e. The molecule has 1 saturated carbocycles. The molecule has 0 spiro atoms. The number of hydrogen-bond donors (Lipinski definition) is 4. The van der Waals surface area contributed by atoms with Gasteiger partial charge >= 0.3 is 5.97 Å². The zero-order valence-corrected chi connectivity index (χ0v) is 10.2. The number of hydrogen-bond acceptors (Lipinski definition) is 4. The van der Waals surface area contributed by atoms with Crippen molar-refractivity contribution in [1.29, 1.82) is 0 Å². The Labute approximate surface area is 109 Å². The number of carboxylic acids is 1. The van der Waals surface area contributed by atoms with Crippen molar-refractivity contribution in [3.8, 4) is 11.5 Å². The fourth-order valence-electron chi connectivity index (χ4n) is 1.94. The van der Waals surface area contributed by atoms with E-state index in [-0.39, 0.29) is 35.4 Å². The normalized spacial score (nSPS) is 15.8. The molecule has 0 saturated heterocycles. The fraction of sp³-hybridized carbons (Fsp3) is 0.385. The molecule has 0 aromatic heterocycles. The van der Waals surface area contributed by atoms with Crippen molar-refractivity contribution in [3.05, 3.63) is 23.8 Å². The first kappa shape index (κ1) is 13.2. The molecule has 1 unspecified atom stereocenters. The van der Waals surface area contributed by atoms with Gasteiger partial charge in [0.1, 0.15) is 0 Å². The predicted octanol–water partition coefficient (Wildman–Crippen LogP) is 1.08. The Morgan fingerprint density at radius 3 is 2.47 bits per heavy atom. The van der Waals surface area contributed by atoms with Crippen LogP contribution in [0.2, 0.25) is 0 Å². The molecule has 1 fully saturated rings. The van der Waals surface area contributed by atoms with Crippen LogP contribution in [0.1, 0.15) is 29.6 Å². The van der Waals surface area contributed by atoms with Crippen LogP contribution >= 0.6 is 0 Å². The molecular formula is C13H15NO5. The number of amides is 1. The molecule has 19 heavy (non-hydrogen) atoms. The van der Waals surface area contributed by atoms with Gasteiger partial charge in [-0.3, -0.25) is 9.59 Å². The van der Waals surface area contributed by atoms with E-state index < -0.39 is 11.9 Å². The second kappa shape index (κ2) is 5.17. The molecule has 2 rings (SSSR count). The van der Waals surface area contributed by atoms with Crippen molar-refractivity contribution in [2.45, 2.75) is 25.3 Å². The van der Waals surface area contributed by atoms with Gasteiger partial charge in [-0.2, -0.15) is 0 Å². The number of carboxylic acid groups (broad SMARTS) is 1. The molecule has 0 heterocycles. The fourth-order valence-corrected chi connectivity index (χ4v) is 1.94. The van der Waals surface area contributed by atoms with Gasteiger partial charge in [-0.25, -0.2) is 0 Å². The third-order valence-electron chi connectivity index (χ3n) is 3.14. The third-order valence-corrected chi connectivity index (χ3v) is 3.14. The zero-order chi connectivity index (χ0) is 14.0. The van der Waals surface area contributed by atoms with Crippen LogP contribution in [0, 0.1) is 5.92 Å². The van der Waals surface area contributed by atoms with Crippen molar-refractivity contribution in [1.82, 2.24) is 5.32 Å². The van der Waals surface area contributed by atoms with Gasteiger partial charge in [-0.05, 0) is 37.0 Å². The van der Waals surface area contributed by atoms with Crippen molar-refractivity contribution < 1.29 is 24.9 Å². The summed E-state index contributed by atoms with van der Waals surface area (Å²) in [7, 11) is 0. The van der Waals surface area contributed by atoms with Gasteiger partial charge < -0.3 is 20.6 Å². The van der Waals surface area contributed by atoms with E-state index >= 15 is 0 Å². The first-order valence-corrected chi connectivity index (χ1v) is 6.02. The molecule has 0 radical (unpaired) electrons. The Kier molecular flexibility index (Phi) is 3.59. The number of benzene rings is 1. The van der Waals surface area contributed by atoms with Crippen LogP contribution in [0.4, 0.5) is 0 Å². The van der Waals surface area contributed by atoms with E-state index in [1.54, 1.807) is 0 Å². The summed E-state index contributed by atoms with van der Waals surface area (Å²) in [5.74, 6) is -1.88. The number of nitrogens with one attached hydrogen (secondary N) is 1. The Hall–Kier alpha value is -2.24. The summed E-state index contributed by atoms with van der Waals surface area (Å²) in [6.07, 6.45) is 1.72. The van der Waals surface area contributed by atoms with Crippen LogP contribution < -0.4 is 5.32 Å². The van der Waals surface area contributed by atoms with Gasteiger partial charge in [-0.1, -0.05) is 0 Å². The summed E-state index contributed by atoms with van der Waals surface area (Å²) in [6, 6.07) is 3.35.